The molecular formula is C27H35F3O5. The van der Waals surface area contributed by atoms with Gasteiger partial charge in [0.05, 0.1) is 6.10 Å². The van der Waals surface area contributed by atoms with Crippen LogP contribution >= 0.6 is 0 Å². The molecule has 9 atom stereocenters. The SMILES string of the molecule is CCCCC(=O)O[C@]1(C(=O)CF)[C@@H](C)C[C@H]2[C@@H]3C[C@H](F)C4=C(F)C(=O)C=C[C@]4(C)[C@H]3[C@@H](O)C[C@@]21C. The fourth-order valence-corrected chi connectivity index (χ4v) is 8.27. The highest BCUT2D eigenvalue weighted by Gasteiger charge is 2.73. The number of allylic oxidation sites excluding steroid dienone is 4. The molecule has 0 radical (unpaired) electrons. The average molecular weight is 497 g/mol. The van der Waals surface area contributed by atoms with Gasteiger partial charge >= 0.3 is 5.97 Å². The molecule has 0 heterocycles. The Bertz CT molecular complexity index is 991. The van der Waals surface area contributed by atoms with Gasteiger partial charge in [-0.2, -0.15) is 0 Å². The monoisotopic (exact) mass is 496 g/mol. The zero-order chi connectivity index (χ0) is 25.9. The fraction of sp³-hybridized carbons (Fsp3) is 0.741. The lowest BCUT2D eigenvalue weighted by atomic mass is 9.45. The number of carbonyl (C=O) groups excluding carboxylic acids is 3. The van der Waals surface area contributed by atoms with E-state index in [1.54, 1.807) is 20.8 Å². The maximum atomic E-state index is 15.6. The van der Waals surface area contributed by atoms with Crippen molar-refractivity contribution in [2.45, 2.75) is 84.1 Å². The number of fused-ring (bicyclic) bond motifs is 5. The average Bonchev–Trinajstić information content (AvgIpc) is 3.01. The Hall–Kier alpha value is -1.96. The number of hydrogen-bond acceptors (Lipinski definition) is 5. The number of carbonyl (C=O) groups is 3. The fourth-order valence-electron chi connectivity index (χ4n) is 8.27. The molecular weight excluding hydrogens is 461 g/mol. The van der Waals surface area contributed by atoms with Crippen LogP contribution in [0.2, 0.25) is 0 Å². The molecule has 0 bridgehead atoms. The van der Waals surface area contributed by atoms with E-state index >= 15 is 4.39 Å². The van der Waals surface area contributed by atoms with E-state index in [1.165, 1.54) is 6.08 Å². The third kappa shape index (κ3) is 3.49. The Kier molecular flexibility index (Phi) is 6.61. The van der Waals surface area contributed by atoms with Crippen LogP contribution in [-0.4, -0.2) is 47.2 Å². The number of rotatable bonds is 6. The first-order chi connectivity index (χ1) is 16.4. The number of hydrogen-bond donors (Lipinski definition) is 1. The summed E-state index contributed by atoms with van der Waals surface area (Å²) in [5.41, 5.74) is -4.33. The number of ether oxygens (including phenoxy) is 1. The van der Waals surface area contributed by atoms with Crippen LogP contribution in [0.4, 0.5) is 13.2 Å². The van der Waals surface area contributed by atoms with E-state index in [1.807, 2.05) is 6.92 Å². The summed E-state index contributed by atoms with van der Waals surface area (Å²) in [5.74, 6) is -5.39. The summed E-state index contributed by atoms with van der Waals surface area (Å²) in [6, 6.07) is 0. The van der Waals surface area contributed by atoms with Crippen LogP contribution in [0.15, 0.2) is 23.6 Å². The minimum Gasteiger partial charge on any atom is -0.450 e. The van der Waals surface area contributed by atoms with Crippen molar-refractivity contribution in [2.24, 2.45) is 34.5 Å². The van der Waals surface area contributed by atoms with Crippen LogP contribution in [0.25, 0.3) is 0 Å². The topological polar surface area (TPSA) is 80.7 Å². The van der Waals surface area contributed by atoms with E-state index in [2.05, 4.69) is 0 Å². The van der Waals surface area contributed by atoms with Gasteiger partial charge in [-0.05, 0) is 43.6 Å². The molecule has 4 aliphatic carbocycles. The van der Waals surface area contributed by atoms with Crippen molar-refractivity contribution in [1.29, 1.82) is 0 Å². The molecule has 0 aromatic carbocycles. The van der Waals surface area contributed by atoms with Gasteiger partial charge < -0.3 is 9.84 Å². The van der Waals surface area contributed by atoms with Crippen molar-refractivity contribution >= 4 is 17.5 Å². The smallest absolute Gasteiger partial charge is 0.306 e. The summed E-state index contributed by atoms with van der Waals surface area (Å²) in [7, 11) is 0. The molecule has 3 fully saturated rings. The molecule has 5 nitrogen and oxygen atoms in total. The number of ketones is 2. The molecule has 0 spiro atoms. The Labute approximate surface area is 204 Å². The lowest BCUT2D eigenvalue weighted by Gasteiger charge is -2.60. The first-order valence-electron chi connectivity index (χ1n) is 12.7. The van der Waals surface area contributed by atoms with Gasteiger partial charge in [-0.15, -0.1) is 0 Å². The maximum absolute atomic E-state index is 15.6. The predicted molar refractivity (Wildman–Crippen MR) is 122 cm³/mol. The molecule has 35 heavy (non-hydrogen) atoms. The molecule has 0 aromatic rings. The summed E-state index contributed by atoms with van der Waals surface area (Å²) in [6.07, 6.45) is 1.41. The summed E-state index contributed by atoms with van der Waals surface area (Å²) < 4.78 is 50.3. The molecule has 0 aromatic heterocycles. The molecule has 194 valence electrons. The van der Waals surface area contributed by atoms with Crippen LogP contribution in [0, 0.1) is 34.5 Å². The molecule has 8 heteroatoms. The van der Waals surface area contributed by atoms with E-state index in [4.69, 9.17) is 4.74 Å². The Morgan fingerprint density at radius 1 is 1.26 bits per heavy atom. The number of aliphatic hydroxyl groups is 1. The van der Waals surface area contributed by atoms with E-state index < -0.39 is 76.5 Å². The molecule has 0 aliphatic heterocycles. The molecule has 0 amide bonds. The van der Waals surface area contributed by atoms with Crippen LogP contribution in [0.3, 0.4) is 0 Å². The minimum absolute atomic E-state index is 0.0131. The first kappa shape index (κ1) is 26.1. The largest absolute Gasteiger partial charge is 0.450 e. The molecule has 4 aliphatic rings. The van der Waals surface area contributed by atoms with Gasteiger partial charge in [0, 0.05) is 34.7 Å². The molecule has 0 saturated heterocycles. The second-order valence-corrected chi connectivity index (χ2v) is 11.4. The van der Waals surface area contributed by atoms with Crippen LogP contribution in [0.5, 0.6) is 0 Å². The van der Waals surface area contributed by atoms with Gasteiger partial charge in [-0.1, -0.05) is 40.2 Å². The van der Waals surface area contributed by atoms with Crippen molar-refractivity contribution < 1.29 is 37.4 Å². The zero-order valence-electron chi connectivity index (χ0n) is 20.8. The zero-order valence-corrected chi connectivity index (χ0v) is 20.8. The third-order valence-electron chi connectivity index (χ3n) is 9.64. The first-order valence-corrected chi connectivity index (χ1v) is 12.7. The highest BCUT2D eigenvalue weighted by atomic mass is 19.1. The van der Waals surface area contributed by atoms with E-state index in [0.717, 1.165) is 12.5 Å². The second kappa shape index (κ2) is 8.86. The molecule has 4 rings (SSSR count). The van der Waals surface area contributed by atoms with Gasteiger partial charge in [-0.3, -0.25) is 14.4 Å². The van der Waals surface area contributed by atoms with Gasteiger partial charge in [0.2, 0.25) is 11.6 Å². The number of unbranched alkanes of at least 4 members (excludes halogenated alkanes) is 1. The number of aliphatic hydroxyl groups excluding tert-OH is 1. The van der Waals surface area contributed by atoms with Gasteiger partial charge in [0.1, 0.15) is 6.17 Å². The van der Waals surface area contributed by atoms with Crippen LogP contribution < -0.4 is 0 Å². The number of esters is 1. The minimum atomic E-state index is -1.77. The van der Waals surface area contributed by atoms with E-state index in [9.17, 15) is 28.3 Å². The molecule has 0 unspecified atom stereocenters. The predicted octanol–water partition coefficient (Wildman–Crippen LogP) is 4.77. The normalized spacial score (nSPS) is 44.5. The Morgan fingerprint density at radius 2 is 1.94 bits per heavy atom. The highest BCUT2D eigenvalue weighted by molar-refractivity contribution is 6.04. The molecule has 1 N–H and O–H groups in total. The highest BCUT2D eigenvalue weighted by Crippen LogP contribution is 2.69. The summed E-state index contributed by atoms with van der Waals surface area (Å²) in [5, 5.41) is 11.5. The third-order valence-corrected chi connectivity index (χ3v) is 9.64. The number of halogens is 3. The summed E-state index contributed by atoms with van der Waals surface area (Å²) in [6.45, 7) is 5.72. The van der Waals surface area contributed by atoms with Crippen molar-refractivity contribution in [3.05, 3.63) is 23.6 Å². The lowest BCUT2D eigenvalue weighted by molar-refractivity contribution is -0.205. The Balaban J connectivity index is 1.80. The maximum Gasteiger partial charge on any atom is 0.306 e. The standard InChI is InChI=1S/C27H35F3O5/c1-5-6-7-21(34)35-27(20(33)13-28)14(2)10-16-15-11-17(29)23-24(30)18(31)8-9-25(23,3)22(15)19(32)12-26(16,27)4/h8-9,14-17,19,22,32H,5-7,10-13H2,1-4H3/t14-,15-,16-,17-,19-,22+,25+,26-,27-/m0/s1. The lowest BCUT2D eigenvalue weighted by Crippen LogP contribution is -2.64. The quantitative estimate of drug-likeness (QED) is 0.536. The van der Waals surface area contributed by atoms with Gasteiger partial charge in [0.25, 0.3) is 0 Å². The van der Waals surface area contributed by atoms with Crippen LogP contribution in [-0.2, 0) is 19.1 Å². The molecule has 3 saturated carbocycles. The van der Waals surface area contributed by atoms with Crippen LogP contribution in [0.1, 0.15) is 66.2 Å². The van der Waals surface area contributed by atoms with Gasteiger partial charge in [-0.25, -0.2) is 13.2 Å². The Morgan fingerprint density at radius 3 is 2.57 bits per heavy atom. The number of Topliss-reactive ketones (excluding diaryl/α,β-unsaturated/α-hetero) is 1. The van der Waals surface area contributed by atoms with Crippen molar-refractivity contribution in [1.82, 2.24) is 0 Å². The van der Waals surface area contributed by atoms with Gasteiger partial charge in [0.15, 0.2) is 18.1 Å². The van der Waals surface area contributed by atoms with Crippen molar-refractivity contribution in [2.75, 3.05) is 6.67 Å². The number of alkyl halides is 2. The van der Waals surface area contributed by atoms with Crippen molar-refractivity contribution in [3.8, 4) is 0 Å². The summed E-state index contributed by atoms with van der Waals surface area (Å²) >= 11 is 0. The van der Waals surface area contributed by atoms with E-state index in [-0.39, 0.29) is 30.8 Å². The summed E-state index contributed by atoms with van der Waals surface area (Å²) in [4.78, 5) is 37.9. The second-order valence-electron chi connectivity index (χ2n) is 11.4. The van der Waals surface area contributed by atoms with Crippen molar-refractivity contribution in [3.63, 3.8) is 0 Å². The van der Waals surface area contributed by atoms with E-state index in [0.29, 0.717) is 12.8 Å².